The minimum absolute atomic E-state index is 0.494. The van der Waals surface area contributed by atoms with Crippen LogP contribution in [0.15, 0.2) is 24.3 Å². The Morgan fingerprint density at radius 1 is 1.10 bits per heavy atom. The molecule has 2 saturated heterocycles. The molecule has 2 heterocycles. The van der Waals surface area contributed by atoms with E-state index in [0.717, 1.165) is 52.4 Å². The molecule has 0 unspecified atom stereocenters. The van der Waals surface area contributed by atoms with Crippen molar-refractivity contribution in [1.82, 2.24) is 0 Å². The summed E-state index contributed by atoms with van der Waals surface area (Å²) in [6.45, 7) is 7.73. The number of rotatable bonds is 4. The van der Waals surface area contributed by atoms with Crippen molar-refractivity contribution in [2.75, 3.05) is 49.7 Å². The van der Waals surface area contributed by atoms with E-state index in [4.69, 9.17) is 9.47 Å². The highest BCUT2D eigenvalue weighted by molar-refractivity contribution is 5.58. The topological polar surface area (TPSA) is 33.7 Å². The van der Waals surface area contributed by atoms with E-state index in [1.54, 1.807) is 0 Å². The van der Waals surface area contributed by atoms with Gasteiger partial charge < -0.3 is 19.7 Å². The smallest absolute Gasteiger partial charge is 0.0642 e. The Labute approximate surface area is 127 Å². The molecule has 0 aliphatic carbocycles. The van der Waals surface area contributed by atoms with Gasteiger partial charge in [-0.3, -0.25) is 0 Å². The van der Waals surface area contributed by atoms with Gasteiger partial charge in [-0.05, 0) is 43.9 Å². The van der Waals surface area contributed by atoms with Gasteiger partial charge in [-0.1, -0.05) is 6.07 Å². The van der Waals surface area contributed by atoms with Gasteiger partial charge in [-0.25, -0.2) is 0 Å². The van der Waals surface area contributed by atoms with Crippen LogP contribution in [0.3, 0.4) is 0 Å². The SMILES string of the molecule is C[C@H](Nc1cccc(N2CCOCC2)c1)C1CCOCC1. The van der Waals surface area contributed by atoms with E-state index in [-0.39, 0.29) is 0 Å². The number of hydrogen-bond acceptors (Lipinski definition) is 4. The van der Waals surface area contributed by atoms with E-state index >= 15 is 0 Å². The first-order valence-electron chi connectivity index (χ1n) is 8.10. The summed E-state index contributed by atoms with van der Waals surface area (Å²) < 4.78 is 10.9. The molecule has 0 saturated carbocycles. The third kappa shape index (κ3) is 3.89. The molecule has 0 amide bonds. The predicted molar refractivity (Wildman–Crippen MR) is 86.1 cm³/mol. The zero-order valence-electron chi connectivity index (χ0n) is 12.9. The van der Waals surface area contributed by atoms with Gasteiger partial charge in [0.2, 0.25) is 0 Å². The second-order valence-electron chi connectivity index (χ2n) is 6.03. The first-order valence-corrected chi connectivity index (χ1v) is 8.10. The maximum absolute atomic E-state index is 5.45. The summed E-state index contributed by atoms with van der Waals surface area (Å²) in [5, 5.41) is 3.68. The van der Waals surface area contributed by atoms with Crippen LogP contribution in [-0.4, -0.2) is 45.6 Å². The fourth-order valence-corrected chi connectivity index (χ4v) is 3.21. The van der Waals surface area contributed by atoms with Crippen LogP contribution in [0.1, 0.15) is 19.8 Å². The van der Waals surface area contributed by atoms with Crippen molar-refractivity contribution >= 4 is 11.4 Å². The highest BCUT2D eigenvalue weighted by atomic mass is 16.5. The zero-order valence-corrected chi connectivity index (χ0v) is 12.9. The van der Waals surface area contributed by atoms with Gasteiger partial charge in [-0.15, -0.1) is 0 Å². The molecule has 0 aromatic heterocycles. The maximum atomic E-state index is 5.45. The number of benzene rings is 1. The molecule has 4 nitrogen and oxygen atoms in total. The van der Waals surface area contributed by atoms with Crippen molar-refractivity contribution in [1.29, 1.82) is 0 Å². The summed E-state index contributed by atoms with van der Waals surface area (Å²) in [5.41, 5.74) is 2.51. The average molecular weight is 290 g/mol. The van der Waals surface area contributed by atoms with Gasteiger partial charge in [0.1, 0.15) is 0 Å². The maximum Gasteiger partial charge on any atom is 0.0642 e. The molecular weight excluding hydrogens is 264 g/mol. The predicted octanol–water partition coefficient (Wildman–Crippen LogP) is 2.75. The zero-order chi connectivity index (χ0) is 14.5. The Morgan fingerprint density at radius 2 is 1.81 bits per heavy atom. The van der Waals surface area contributed by atoms with Crippen molar-refractivity contribution < 1.29 is 9.47 Å². The van der Waals surface area contributed by atoms with Crippen molar-refractivity contribution in [3.8, 4) is 0 Å². The Hall–Kier alpha value is -1.26. The van der Waals surface area contributed by atoms with Crippen molar-refractivity contribution in [2.45, 2.75) is 25.8 Å². The molecule has 4 heteroatoms. The van der Waals surface area contributed by atoms with Crippen molar-refractivity contribution in [3.05, 3.63) is 24.3 Å². The Morgan fingerprint density at radius 3 is 2.57 bits per heavy atom. The van der Waals surface area contributed by atoms with E-state index < -0.39 is 0 Å². The molecule has 1 aromatic carbocycles. The molecule has 3 rings (SSSR count). The molecule has 1 aromatic rings. The average Bonchev–Trinajstić information content (AvgIpc) is 2.57. The van der Waals surface area contributed by atoms with Gasteiger partial charge in [0.25, 0.3) is 0 Å². The van der Waals surface area contributed by atoms with Gasteiger partial charge in [0, 0.05) is 43.7 Å². The van der Waals surface area contributed by atoms with E-state index in [1.807, 2.05) is 0 Å². The lowest BCUT2D eigenvalue weighted by Crippen LogP contribution is -2.36. The third-order valence-electron chi connectivity index (χ3n) is 4.59. The summed E-state index contributed by atoms with van der Waals surface area (Å²) in [6, 6.07) is 9.26. The van der Waals surface area contributed by atoms with Crippen molar-refractivity contribution in [2.24, 2.45) is 5.92 Å². The van der Waals surface area contributed by atoms with Gasteiger partial charge in [-0.2, -0.15) is 0 Å². The van der Waals surface area contributed by atoms with Gasteiger partial charge in [0.15, 0.2) is 0 Å². The minimum atomic E-state index is 0.494. The highest BCUT2D eigenvalue weighted by Crippen LogP contribution is 2.25. The van der Waals surface area contributed by atoms with Gasteiger partial charge >= 0.3 is 0 Å². The number of morpholine rings is 1. The lowest BCUT2D eigenvalue weighted by Gasteiger charge is -2.31. The minimum Gasteiger partial charge on any atom is -0.382 e. The third-order valence-corrected chi connectivity index (χ3v) is 4.59. The molecule has 116 valence electrons. The molecule has 0 spiro atoms. The lowest BCUT2D eigenvalue weighted by molar-refractivity contribution is 0.0622. The van der Waals surface area contributed by atoms with Crippen LogP contribution in [0.2, 0.25) is 0 Å². The first kappa shape index (κ1) is 14.7. The highest BCUT2D eigenvalue weighted by Gasteiger charge is 2.20. The number of anilines is 2. The van der Waals surface area contributed by atoms with Crippen LogP contribution in [0.25, 0.3) is 0 Å². The second kappa shape index (κ2) is 7.14. The number of nitrogens with zero attached hydrogens (tertiary/aromatic N) is 1. The molecular formula is C17H26N2O2. The number of hydrogen-bond donors (Lipinski definition) is 1. The van der Waals surface area contributed by atoms with Crippen LogP contribution in [-0.2, 0) is 9.47 Å². The van der Waals surface area contributed by atoms with E-state index in [1.165, 1.54) is 11.4 Å². The van der Waals surface area contributed by atoms with Crippen molar-refractivity contribution in [3.63, 3.8) is 0 Å². The summed E-state index contributed by atoms with van der Waals surface area (Å²) in [7, 11) is 0. The van der Waals surface area contributed by atoms with E-state index in [2.05, 4.69) is 41.4 Å². The van der Waals surface area contributed by atoms with Crippen LogP contribution >= 0.6 is 0 Å². The molecule has 0 radical (unpaired) electrons. The Bertz CT molecular complexity index is 440. The second-order valence-corrected chi connectivity index (χ2v) is 6.03. The standard InChI is InChI=1S/C17H26N2O2/c1-14(15-5-9-20-10-6-15)18-16-3-2-4-17(13-16)19-7-11-21-12-8-19/h2-4,13-15,18H,5-12H2,1H3/t14-/m0/s1. The fraction of sp³-hybridized carbons (Fsp3) is 0.647. The Balaban J connectivity index is 1.62. The summed E-state index contributed by atoms with van der Waals surface area (Å²) in [5.74, 6) is 0.714. The molecule has 2 aliphatic heterocycles. The van der Waals surface area contributed by atoms with E-state index in [0.29, 0.717) is 12.0 Å². The number of ether oxygens (including phenoxy) is 2. The van der Waals surface area contributed by atoms with Crippen LogP contribution in [0.4, 0.5) is 11.4 Å². The van der Waals surface area contributed by atoms with Crippen LogP contribution in [0.5, 0.6) is 0 Å². The van der Waals surface area contributed by atoms with Crippen LogP contribution < -0.4 is 10.2 Å². The molecule has 0 bridgehead atoms. The molecule has 21 heavy (non-hydrogen) atoms. The number of nitrogens with one attached hydrogen (secondary N) is 1. The quantitative estimate of drug-likeness (QED) is 0.924. The molecule has 1 atom stereocenters. The molecule has 2 fully saturated rings. The van der Waals surface area contributed by atoms with E-state index in [9.17, 15) is 0 Å². The fourth-order valence-electron chi connectivity index (χ4n) is 3.21. The van der Waals surface area contributed by atoms with Gasteiger partial charge in [0.05, 0.1) is 13.2 Å². The molecule has 2 aliphatic rings. The summed E-state index contributed by atoms with van der Waals surface area (Å²) in [4.78, 5) is 2.40. The monoisotopic (exact) mass is 290 g/mol. The molecule has 1 N–H and O–H groups in total. The largest absolute Gasteiger partial charge is 0.382 e. The summed E-state index contributed by atoms with van der Waals surface area (Å²) in [6.07, 6.45) is 2.33. The lowest BCUT2D eigenvalue weighted by atomic mass is 9.93. The van der Waals surface area contributed by atoms with Crippen LogP contribution in [0, 0.1) is 5.92 Å². The normalized spacial score (nSPS) is 22.0. The summed E-state index contributed by atoms with van der Waals surface area (Å²) >= 11 is 0. The Kier molecular flexibility index (Phi) is 4.99. The first-order chi connectivity index (χ1) is 10.3.